The van der Waals surface area contributed by atoms with E-state index in [1.54, 1.807) is 18.2 Å². The molecule has 0 saturated heterocycles. The van der Waals surface area contributed by atoms with Gasteiger partial charge in [0, 0.05) is 34.4 Å². The molecule has 3 aliphatic rings. The molecule has 0 radical (unpaired) electrons. The standard InChI is InChI=1S/C29H32FN3O7/c1-4-7-32-11-12-5-6-14-15(8-12)23(34)19-16(21(14)30)9-13-10-17-22(33(2)3)25(36)20(28(31)39)27(38)29(17,40)26(37)18(13)24(19)35/h5-6,8,13,17,22,32,34-35,38,40H,4,7,9-11H2,1-3H3,(H2,31,39)/t13-,17-,22-,29-/m0/s1. The minimum Gasteiger partial charge on any atom is -0.508 e. The molecule has 0 aromatic heterocycles. The number of likely N-dealkylation sites (N-methyl/N-ethyl adjacent to an activating group) is 1. The summed E-state index contributed by atoms with van der Waals surface area (Å²) in [6, 6.07) is 3.71. The highest BCUT2D eigenvalue weighted by atomic mass is 19.1. The van der Waals surface area contributed by atoms with E-state index in [9.17, 15) is 34.8 Å². The average Bonchev–Trinajstić information content (AvgIpc) is 2.89. The van der Waals surface area contributed by atoms with Crippen molar-refractivity contribution in [2.24, 2.45) is 17.6 Å². The number of hydrogen-bond acceptors (Lipinski definition) is 9. The van der Waals surface area contributed by atoms with E-state index in [2.05, 4.69) is 5.32 Å². The first-order chi connectivity index (χ1) is 18.9. The maximum Gasteiger partial charge on any atom is 0.255 e. The van der Waals surface area contributed by atoms with Gasteiger partial charge in [0.25, 0.3) is 5.91 Å². The van der Waals surface area contributed by atoms with Crippen molar-refractivity contribution in [1.82, 2.24) is 10.2 Å². The van der Waals surface area contributed by atoms with Gasteiger partial charge in [0.2, 0.25) is 5.78 Å². The summed E-state index contributed by atoms with van der Waals surface area (Å²) in [4.78, 5) is 40.6. The molecule has 2 aromatic rings. The van der Waals surface area contributed by atoms with E-state index in [1.165, 1.54) is 19.0 Å². The second-order valence-corrected chi connectivity index (χ2v) is 11.0. The van der Waals surface area contributed by atoms with Gasteiger partial charge < -0.3 is 31.5 Å². The van der Waals surface area contributed by atoms with Gasteiger partial charge in [-0.1, -0.05) is 19.1 Å². The van der Waals surface area contributed by atoms with E-state index in [0.29, 0.717) is 6.54 Å². The number of primary amides is 1. The smallest absolute Gasteiger partial charge is 0.255 e. The molecule has 0 unspecified atom stereocenters. The Morgan fingerprint density at radius 3 is 2.52 bits per heavy atom. The molecule has 0 spiro atoms. The first-order valence-corrected chi connectivity index (χ1v) is 13.2. The number of halogens is 1. The molecular weight excluding hydrogens is 521 g/mol. The minimum atomic E-state index is -2.74. The molecule has 1 amide bonds. The summed E-state index contributed by atoms with van der Waals surface area (Å²) < 4.78 is 15.9. The van der Waals surface area contributed by atoms with Gasteiger partial charge in [-0.3, -0.25) is 19.3 Å². The molecule has 40 heavy (non-hydrogen) atoms. The molecule has 0 aliphatic heterocycles. The number of hydrogen-bond donors (Lipinski definition) is 6. The number of Topliss-reactive ketones (excluding diaryl/α,β-unsaturated/α-hetero) is 2. The first-order valence-electron chi connectivity index (χ1n) is 13.2. The summed E-state index contributed by atoms with van der Waals surface area (Å²) in [5, 5.41) is 48.7. The van der Waals surface area contributed by atoms with Gasteiger partial charge in [-0.2, -0.15) is 0 Å². The number of nitrogens with one attached hydrogen (secondary N) is 1. The largest absolute Gasteiger partial charge is 0.508 e. The Hall–Kier alpha value is -3.80. The van der Waals surface area contributed by atoms with Crippen LogP contribution in [0.3, 0.4) is 0 Å². The summed E-state index contributed by atoms with van der Waals surface area (Å²) in [6.45, 7) is 3.26. The molecule has 0 bridgehead atoms. The van der Waals surface area contributed by atoms with Crippen LogP contribution < -0.4 is 11.1 Å². The third-order valence-electron chi connectivity index (χ3n) is 8.45. The number of amides is 1. The molecule has 11 heteroatoms. The molecule has 0 heterocycles. The van der Waals surface area contributed by atoms with Crippen molar-refractivity contribution in [3.63, 3.8) is 0 Å². The Balaban J connectivity index is 1.71. The lowest BCUT2D eigenvalue weighted by atomic mass is 9.57. The van der Waals surface area contributed by atoms with E-state index in [1.807, 2.05) is 6.92 Å². The van der Waals surface area contributed by atoms with Gasteiger partial charge in [-0.25, -0.2) is 4.39 Å². The maximum atomic E-state index is 15.9. The lowest BCUT2D eigenvalue weighted by Gasteiger charge is -2.50. The van der Waals surface area contributed by atoms with Crippen LogP contribution in [0.4, 0.5) is 4.39 Å². The number of aliphatic hydroxyl groups excluding tert-OH is 2. The van der Waals surface area contributed by atoms with Crippen molar-refractivity contribution in [1.29, 1.82) is 0 Å². The van der Waals surface area contributed by atoms with Crippen molar-refractivity contribution in [2.45, 2.75) is 44.4 Å². The Labute approximate surface area is 229 Å². The van der Waals surface area contributed by atoms with Crippen LogP contribution in [-0.2, 0) is 27.3 Å². The molecule has 212 valence electrons. The van der Waals surface area contributed by atoms with Crippen LogP contribution in [-0.4, -0.2) is 75.1 Å². The predicted molar refractivity (Wildman–Crippen MR) is 144 cm³/mol. The summed E-state index contributed by atoms with van der Waals surface area (Å²) in [5.41, 5.74) is 1.92. The SMILES string of the molecule is CCCNCc1ccc2c(F)c3c(c(O)c2c1)C(O)=C1C(=O)[C@]2(O)C(O)=C(C(N)=O)C(=O)[C@@H](N(C)C)[C@@H]2C[C@@H]1C3. The highest BCUT2D eigenvalue weighted by Gasteiger charge is 2.64. The monoisotopic (exact) mass is 553 g/mol. The van der Waals surface area contributed by atoms with Gasteiger partial charge in [-0.15, -0.1) is 0 Å². The van der Waals surface area contributed by atoms with Gasteiger partial charge >= 0.3 is 0 Å². The number of carbonyl (C=O) groups is 3. The number of rotatable bonds is 6. The number of carbonyl (C=O) groups excluding carboxylic acids is 3. The molecule has 4 atom stereocenters. The van der Waals surface area contributed by atoms with Crippen molar-refractivity contribution < 1.29 is 39.2 Å². The Morgan fingerprint density at radius 1 is 1.20 bits per heavy atom. The quantitative estimate of drug-likeness (QED) is 0.230. The van der Waals surface area contributed by atoms with E-state index in [0.717, 1.165) is 18.5 Å². The lowest BCUT2D eigenvalue weighted by Crippen LogP contribution is -2.65. The van der Waals surface area contributed by atoms with E-state index >= 15 is 4.39 Å². The van der Waals surface area contributed by atoms with E-state index < -0.39 is 69.6 Å². The molecule has 10 nitrogen and oxygen atoms in total. The fraction of sp³-hybridized carbons (Fsp3) is 0.414. The zero-order valence-electron chi connectivity index (χ0n) is 22.4. The molecular formula is C29H32FN3O7. The number of nitrogens with two attached hydrogens (primary N) is 1. The molecule has 3 aliphatic carbocycles. The summed E-state index contributed by atoms with van der Waals surface area (Å²) >= 11 is 0. The molecule has 2 aromatic carbocycles. The summed E-state index contributed by atoms with van der Waals surface area (Å²) in [7, 11) is 3.03. The number of ketones is 2. The maximum absolute atomic E-state index is 15.9. The van der Waals surface area contributed by atoms with Gasteiger partial charge in [0.1, 0.15) is 28.7 Å². The van der Waals surface area contributed by atoms with Crippen LogP contribution in [0.15, 0.2) is 35.1 Å². The fourth-order valence-corrected chi connectivity index (χ4v) is 6.63. The van der Waals surface area contributed by atoms with Crippen LogP contribution in [0.2, 0.25) is 0 Å². The van der Waals surface area contributed by atoms with Crippen LogP contribution in [0.1, 0.15) is 36.5 Å². The molecule has 1 saturated carbocycles. The number of aliphatic hydroxyl groups is 3. The number of benzene rings is 2. The number of nitrogens with zero attached hydrogens (tertiary/aromatic N) is 1. The van der Waals surface area contributed by atoms with E-state index in [4.69, 9.17) is 5.73 Å². The average molecular weight is 554 g/mol. The second-order valence-electron chi connectivity index (χ2n) is 11.0. The Bertz CT molecular complexity index is 1550. The number of fused-ring (bicyclic) bond motifs is 4. The number of aromatic hydroxyl groups is 1. The van der Waals surface area contributed by atoms with Crippen molar-refractivity contribution in [3.05, 3.63) is 57.6 Å². The second kappa shape index (κ2) is 9.69. The van der Waals surface area contributed by atoms with Crippen LogP contribution in [0.25, 0.3) is 16.5 Å². The van der Waals surface area contributed by atoms with Gasteiger partial charge in [-0.05, 0) is 57.5 Å². The van der Waals surface area contributed by atoms with Gasteiger partial charge in [0.05, 0.1) is 11.6 Å². The van der Waals surface area contributed by atoms with Crippen LogP contribution >= 0.6 is 0 Å². The Kier molecular flexibility index (Phi) is 6.72. The lowest BCUT2D eigenvalue weighted by molar-refractivity contribution is -0.153. The van der Waals surface area contributed by atoms with Crippen LogP contribution in [0.5, 0.6) is 5.75 Å². The molecule has 5 rings (SSSR count). The molecule has 7 N–H and O–H groups in total. The highest BCUT2D eigenvalue weighted by Crippen LogP contribution is 2.53. The molecule has 1 fully saturated rings. The summed E-state index contributed by atoms with van der Waals surface area (Å²) in [6.07, 6.45) is 0.704. The third-order valence-corrected chi connectivity index (χ3v) is 8.45. The summed E-state index contributed by atoms with van der Waals surface area (Å²) in [5.74, 6) is -8.30. The topological polar surface area (TPSA) is 173 Å². The first kappa shape index (κ1) is 27.8. The fourth-order valence-electron chi connectivity index (χ4n) is 6.63. The zero-order chi connectivity index (χ0) is 29.3. The third kappa shape index (κ3) is 3.75. The van der Waals surface area contributed by atoms with E-state index in [-0.39, 0.29) is 40.3 Å². The Morgan fingerprint density at radius 2 is 1.90 bits per heavy atom. The predicted octanol–water partition coefficient (Wildman–Crippen LogP) is 1.76. The minimum absolute atomic E-state index is 0.00692. The van der Waals surface area contributed by atoms with Crippen molar-refractivity contribution in [2.75, 3.05) is 20.6 Å². The number of phenolic OH excluding ortho intramolecular Hbond substituents is 1. The highest BCUT2D eigenvalue weighted by molar-refractivity contribution is 6.24. The number of phenols is 1. The van der Waals surface area contributed by atoms with Crippen molar-refractivity contribution >= 4 is 34.0 Å². The normalized spacial score (nSPS) is 26.3. The van der Waals surface area contributed by atoms with Crippen molar-refractivity contribution in [3.8, 4) is 5.75 Å². The zero-order valence-corrected chi connectivity index (χ0v) is 22.4. The van der Waals surface area contributed by atoms with Crippen LogP contribution in [0, 0.1) is 17.7 Å². The van der Waals surface area contributed by atoms with Gasteiger partial charge in [0.15, 0.2) is 11.4 Å².